The van der Waals surface area contributed by atoms with Gasteiger partial charge in [-0.3, -0.25) is 0 Å². The summed E-state index contributed by atoms with van der Waals surface area (Å²) in [6, 6.07) is 13.8. The first kappa shape index (κ1) is 19.6. The molecule has 2 atom stereocenters. The fraction of sp³-hybridized carbons (Fsp3) is 0.400. The lowest BCUT2D eigenvalue weighted by Gasteiger charge is -2.33. The average Bonchev–Trinajstić information content (AvgIpc) is 2.58. The van der Waals surface area contributed by atoms with E-state index in [9.17, 15) is 5.11 Å². The highest BCUT2D eigenvalue weighted by atomic mass is 35.5. The van der Waals surface area contributed by atoms with E-state index < -0.39 is 12.2 Å². The van der Waals surface area contributed by atoms with Gasteiger partial charge in [0.1, 0.15) is 17.6 Å². The van der Waals surface area contributed by atoms with E-state index in [0.29, 0.717) is 6.54 Å². The third kappa shape index (κ3) is 4.27. The van der Waals surface area contributed by atoms with Crippen LogP contribution in [0.5, 0.6) is 11.5 Å². The predicted molar refractivity (Wildman–Crippen MR) is 103 cm³/mol. The van der Waals surface area contributed by atoms with Gasteiger partial charge in [0.25, 0.3) is 0 Å². The number of hydrogen-bond donors (Lipinski definition) is 2. The number of nitrogens with one attached hydrogen (secondary N) is 1. The van der Waals surface area contributed by atoms with Crippen molar-refractivity contribution in [1.29, 1.82) is 0 Å². The maximum Gasteiger partial charge on any atom is 0.151 e. The van der Waals surface area contributed by atoms with Crippen LogP contribution in [0.4, 0.5) is 0 Å². The zero-order valence-corrected chi connectivity index (χ0v) is 15.9. The largest absolute Gasteiger partial charge is 0.497 e. The first-order valence-corrected chi connectivity index (χ1v) is 8.26. The lowest BCUT2D eigenvalue weighted by molar-refractivity contribution is 0.0305. The number of ether oxygens (including phenoxy) is 2. The minimum Gasteiger partial charge on any atom is -0.497 e. The smallest absolute Gasteiger partial charge is 0.151 e. The van der Waals surface area contributed by atoms with Crippen LogP contribution >= 0.6 is 12.4 Å². The van der Waals surface area contributed by atoms with Crippen molar-refractivity contribution in [3.8, 4) is 22.6 Å². The number of rotatable bonds is 4. The summed E-state index contributed by atoms with van der Waals surface area (Å²) in [6.45, 7) is 6.71. The molecule has 2 N–H and O–H groups in total. The van der Waals surface area contributed by atoms with E-state index in [1.54, 1.807) is 7.11 Å². The van der Waals surface area contributed by atoms with Crippen LogP contribution in [0.1, 0.15) is 32.4 Å². The van der Waals surface area contributed by atoms with Gasteiger partial charge in [-0.2, -0.15) is 0 Å². The molecule has 0 bridgehead atoms. The quantitative estimate of drug-likeness (QED) is 0.863. The van der Waals surface area contributed by atoms with Crippen molar-refractivity contribution in [2.75, 3.05) is 13.7 Å². The third-order valence-corrected chi connectivity index (χ3v) is 4.19. The molecule has 2 unspecified atom stereocenters. The second-order valence-electron chi connectivity index (χ2n) is 7.19. The average molecular weight is 364 g/mol. The minimum absolute atomic E-state index is 0. The molecule has 2 aromatic rings. The predicted octanol–water partition coefficient (Wildman–Crippen LogP) is 3.97. The van der Waals surface area contributed by atoms with E-state index in [4.69, 9.17) is 9.47 Å². The lowest BCUT2D eigenvalue weighted by Crippen LogP contribution is -2.43. The third-order valence-electron chi connectivity index (χ3n) is 4.19. The number of aliphatic hydroxyl groups is 1. The monoisotopic (exact) mass is 363 g/mol. The zero-order valence-electron chi connectivity index (χ0n) is 15.1. The van der Waals surface area contributed by atoms with Crippen molar-refractivity contribution >= 4 is 12.4 Å². The van der Waals surface area contributed by atoms with Crippen LogP contribution in [0.15, 0.2) is 42.5 Å². The number of β-amino-alcohol motifs (C(OH)–C–C–N with tert-alkyl or cyclic N) is 1. The van der Waals surface area contributed by atoms with E-state index in [2.05, 4.69) is 32.2 Å². The molecule has 0 spiro atoms. The van der Waals surface area contributed by atoms with Gasteiger partial charge in [-0.05, 0) is 44.5 Å². The Morgan fingerprint density at radius 1 is 1.16 bits per heavy atom. The molecule has 0 aliphatic carbocycles. The summed E-state index contributed by atoms with van der Waals surface area (Å²) >= 11 is 0. The van der Waals surface area contributed by atoms with Crippen LogP contribution in [0.25, 0.3) is 11.1 Å². The molecule has 0 saturated carbocycles. The number of benzene rings is 2. The molecule has 1 aliphatic rings. The van der Waals surface area contributed by atoms with Crippen molar-refractivity contribution in [1.82, 2.24) is 5.32 Å². The molecule has 0 aromatic heterocycles. The summed E-state index contributed by atoms with van der Waals surface area (Å²) < 4.78 is 11.5. The topological polar surface area (TPSA) is 50.7 Å². The Morgan fingerprint density at radius 3 is 2.56 bits per heavy atom. The second kappa shape index (κ2) is 7.65. The number of aliphatic hydroxyl groups excluding tert-OH is 1. The highest BCUT2D eigenvalue weighted by molar-refractivity contribution is 5.85. The molecular weight excluding hydrogens is 338 g/mol. The van der Waals surface area contributed by atoms with Crippen LogP contribution in [-0.2, 0) is 0 Å². The van der Waals surface area contributed by atoms with Crippen molar-refractivity contribution in [3.05, 3.63) is 48.0 Å². The molecule has 0 amide bonds. The summed E-state index contributed by atoms with van der Waals surface area (Å²) in [5, 5.41) is 14.0. The Bertz CT molecular complexity index is 727. The SMILES string of the molecule is COc1ccc2c(c1)-c1ccccc1C(C(O)CNC(C)(C)C)O2.Cl. The maximum absolute atomic E-state index is 10.7. The van der Waals surface area contributed by atoms with Crippen LogP contribution in [0, 0.1) is 0 Å². The maximum atomic E-state index is 10.7. The zero-order chi connectivity index (χ0) is 17.3. The van der Waals surface area contributed by atoms with E-state index >= 15 is 0 Å². The first-order valence-electron chi connectivity index (χ1n) is 8.26. The van der Waals surface area contributed by atoms with Gasteiger partial charge in [0.05, 0.1) is 7.11 Å². The van der Waals surface area contributed by atoms with E-state index in [1.807, 2.05) is 36.4 Å². The normalized spacial score (nSPS) is 16.8. The van der Waals surface area contributed by atoms with E-state index in [0.717, 1.165) is 28.2 Å². The number of halogens is 1. The molecule has 5 heteroatoms. The van der Waals surface area contributed by atoms with Gasteiger partial charge in [0.15, 0.2) is 6.10 Å². The van der Waals surface area contributed by atoms with Gasteiger partial charge in [0.2, 0.25) is 0 Å². The Balaban J connectivity index is 0.00000225. The summed E-state index contributed by atoms with van der Waals surface area (Å²) in [4.78, 5) is 0. The van der Waals surface area contributed by atoms with E-state index in [-0.39, 0.29) is 17.9 Å². The van der Waals surface area contributed by atoms with Crippen molar-refractivity contribution in [2.45, 2.75) is 38.5 Å². The van der Waals surface area contributed by atoms with Gasteiger partial charge in [-0.25, -0.2) is 0 Å². The molecule has 136 valence electrons. The summed E-state index contributed by atoms with van der Waals surface area (Å²) in [6.07, 6.45) is -1.03. The van der Waals surface area contributed by atoms with Crippen molar-refractivity contribution in [2.24, 2.45) is 0 Å². The van der Waals surface area contributed by atoms with Gasteiger partial charge in [0, 0.05) is 23.2 Å². The molecule has 25 heavy (non-hydrogen) atoms. The summed E-state index contributed by atoms with van der Waals surface area (Å²) in [5.74, 6) is 1.56. The van der Waals surface area contributed by atoms with Gasteiger partial charge < -0.3 is 19.9 Å². The highest BCUT2D eigenvalue weighted by Gasteiger charge is 2.31. The van der Waals surface area contributed by atoms with Crippen LogP contribution in [0.2, 0.25) is 0 Å². The Labute approximate surface area is 155 Å². The Hall–Kier alpha value is -1.75. The molecule has 4 nitrogen and oxygen atoms in total. The number of methoxy groups -OCH3 is 1. The van der Waals surface area contributed by atoms with Gasteiger partial charge >= 0.3 is 0 Å². The molecule has 1 heterocycles. The van der Waals surface area contributed by atoms with Crippen LogP contribution < -0.4 is 14.8 Å². The Kier molecular flexibility index (Phi) is 5.99. The van der Waals surface area contributed by atoms with Gasteiger partial charge in [-0.1, -0.05) is 24.3 Å². The summed E-state index contributed by atoms with van der Waals surface area (Å²) in [7, 11) is 1.65. The van der Waals surface area contributed by atoms with Crippen molar-refractivity contribution in [3.63, 3.8) is 0 Å². The number of fused-ring (bicyclic) bond motifs is 3. The molecule has 0 fully saturated rings. The van der Waals surface area contributed by atoms with Crippen LogP contribution in [-0.4, -0.2) is 30.4 Å². The van der Waals surface area contributed by atoms with Crippen molar-refractivity contribution < 1.29 is 14.6 Å². The molecule has 0 saturated heterocycles. The minimum atomic E-state index is -0.638. The fourth-order valence-electron chi connectivity index (χ4n) is 2.94. The summed E-state index contributed by atoms with van der Waals surface area (Å²) in [5.41, 5.74) is 3.02. The molecular formula is C20H26ClNO3. The second-order valence-corrected chi connectivity index (χ2v) is 7.19. The highest BCUT2D eigenvalue weighted by Crippen LogP contribution is 2.44. The number of hydrogen-bond acceptors (Lipinski definition) is 4. The lowest BCUT2D eigenvalue weighted by atomic mass is 9.90. The first-order chi connectivity index (χ1) is 11.4. The molecule has 2 aromatic carbocycles. The van der Waals surface area contributed by atoms with E-state index in [1.165, 1.54) is 0 Å². The molecule has 3 rings (SSSR count). The van der Waals surface area contributed by atoms with Crippen LogP contribution in [0.3, 0.4) is 0 Å². The Morgan fingerprint density at radius 2 is 1.88 bits per heavy atom. The standard InChI is InChI=1S/C20H25NO3.ClH/c1-20(2,3)21-12-17(22)19-15-8-6-5-7-14(15)16-11-13(23-4)9-10-18(16)24-19;/h5-11,17,19,21-22H,12H2,1-4H3;1H. The molecule has 1 aliphatic heterocycles. The fourth-order valence-corrected chi connectivity index (χ4v) is 2.94. The molecule has 0 radical (unpaired) electrons. The van der Waals surface area contributed by atoms with Gasteiger partial charge in [-0.15, -0.1) is 12.4 Å².